The third-order valence-electron chi connectivity index (χ3n) is 5.68. The molecule has 33 heavy (non-hydrogen) atoms. The SMILES string of the molecule is C.CC(C)N[C@H](CCc1ccccc1)C(=O)N[C@@H](C)C(=O)CCc1cnc2c(c1)C(Cl)=CC2. The molecule has 178 valence electrons. The van der Waals surface area contributed by atoms with E-state index in [4.69, 9.17) is 11.6 Å². The Hall–Kier alpha value is -2.50. The van der Waals surface area contributed by atoms with Gasteiger partial charge >= 0.3 is 0 Å². The van der Waals surface area contributed by atoms with Crippen LogP contribution >= 0.6 is 11.6 Å². The Bertz CT molecular complexity index is 973. The molecule has 0 aliphatic heterocycles. The number of aromatic nitrogens is 1. The van der Waals surface area contributed by atoms with Crippen LogP contribution in [0.1, 0.15) is 63.4 Å². The quantitative estimate of drug-likeness (QED) is 0.493. The molecule has 0 bridgehead atoms. The second kappa shape index (κ2) is 12.7. The van der Waals surface area contributed by atoms with Crippen LogP contribution in [-0.2, 0) is 28.9 Å². The van der Waals surface area contributed by atoms with E-state index in [1.807, 2.05) is 50.4 Å². The number of nitrogens with zero attached hydrogens (tertiary/aromatic N) is 1. The minimum atomic E-state index is -0.540. The Kier molecular flexibility index (Phi) is 10.3. The highest BCUT2D eigenvalue weighted by Gasteiger charge is 2.23. The van der Waals surface area contributed by atoms with Crippen molar-refractivity contribution in [3.63, 3.8) is 0 Å². The molecule has 1 amide bonds. The molecule has 1 heterocycles. The normalized spacial score (nSPS) is 14.2. The van der Waals surface area contributed by atoms with Crippen molar-refractivity contribution in [1.29, 1.82) is 0 Å². The van der Waals surface area contributed by atoms with E-state index in [9.17, 15) is 9.59 Å². The molecule has 0 spiro atoms. The second-order valence-electron chi connectivity index (χ2n) is 8.69. The predicted molar refractivity (Wildman–Crippen MR) is 136 cm³/mol. The number of Topliss-reactive ketones (excluding diaryl/α,β-unsaturated/α-hetero) is 1. The van der Waals surface area contributed by atoms with Crippen LogP contribution in [0.3, 0.4) is 0 Å². The van der Waals surface area contributed by atoms with E-state index in [1.165, 1.54) is 5.56 Å². The summed E-state index contributed by atoms with van der Waals surface area (Å²) in [5.74, 6) is -0.126. The van der Waals surface area contributed by atoms with Gasteiger partial charge in [-0.25, -0.2) is 0 Å². The smallest absolute Gasteiger partial charge is 0.237 e. The standard InChI is InChI=1S/C26H32ClN3O2.CH4/c1-17(2)29-24(12-9-19-7-5-4-6-8-19)26(32)30-18(3)25(31)14-10-20-15-21-22(27)11-13-23(21)28-16-20;/h4-8,11,15-18,24,29H,9-10,12-14H2,1-3H3,(H,30,32);1H4/t18-,24+;/m0./s1. The minimum Gasteiger partial charge on any atom is -0.345 e. The molecule has 6 heteroatoms. The monoisotopic (exact) mass is 469 g/mol. The fourth-order valence-corrected chi connectivity index (χ4v) is 4.11. The number of hydrogen-bond donors (Lipinski definition) is 2. The molecule has 2 N–H and O–H groups in total. The maximum atomic E-state index is 12.9. The number of fused-ring (bicyclic) bond motifs is 1. The lowest BCUT2D eigenvalue weighted by Crippen LogP contribution is -2.51. The molecular formula is C27H36ClN3O2. The van der Waals surface area contributed by atoms with Gasteiger partial charge in [-0.05, 0) is 43.4 Å². The van der Waals surface area contributed by atoms with Gasteiger partial charge in [-0.2, -0.15) is 0 Å². The summed E-state index contributed by atoms with van der Waals surface area (Å²) >= 11 is 6.22. The highest BCUT2D eigenvalue weighted by Crippen LogP contribution is 2.29. The summed E-state index contributed by atoms with van der Waals surface area (Å²) in [6, 6.07) is 11.4. The average molecular weight is 470 g/mol. The molecular weight excluding hydrogens is 434 g/mol. The molecule has 0 radical (unpaired) electrons. The largest absolute Gasteiger partial charge is 0.345 e. The lowest BCUT2D eigenvalue weighted by atomic mass is 10.0. The number of allylic oxidation sites excluding steroid dienone is 1. The van der Waals surface area contributed by atoms with Crippen LogP contribution in [0, 0.1) is 0 Å². The van der Waals surface area contributed by atoms with Gasteiger partial charge in [0.1, 0.15) is 0 Å². The van der Waals surface area contributed by atoms with Crippen molar-refractivity contribution in [1.82, 2.24) is 15.6 Å². The van der Waals surface area contributed by atoms with Crippen molar-refractivity contribution in [2.24, 2.45) is 0 Å². The van der Waals surface area contributed by atoms with Crippen LogP contribution in [-0.4, -0.2) is 34.8 Å². The van der Waals surface area contributed by atoms with Crippen LogP contribution in [0.2, 0.25) is 0 Å². The van der Waals surface area contributed by atoms with E-state index < -0.39 is 6.04 Å². The Morgan fingerprint density at radius 1 is 1.09 bits per heavy atom. The van der Waals surface area contributed by atoms with Gasteiger partial charge in [-0.15, -0.1) is 0 Å². The molecule has 3 rings (SSSR count). The number of benzene rings is 1. The number of hydrogen-bond acceptors (Lipinski definition) is 4. The number of halogens is 1. The lowest BCUT2D eigenvalue weighted by molar-refractivity contribution is -0.128. The summed E-state index contributed by atoms with van der Waals surface area (Å²) in [5, 5.41) is 6.96. The molecule has 0 saturated carbocycles. The Morgan fingerprint density at radius 2 is 1.82 bits per heavy atom. The van der Waals surface area contributed by atoms with E-state index in [-0.39, 0.29) is 31.2 Å². The molecule has 0 saturated heterocycles. The third kappa shape index (κ3) is 7.79. The highest BCUT2D eigenvalue weighted by molar-refractivity contribution is 6.49. The third-order valence-corrected chi connectivity index (χ3v) is 6.03. The fraction of sp³-hybridized carbons (Fsp3) is 0.444. The van der Waals surface area contributed by atoms with Gasteiger partial charge in [-0.1, -0.05) is 69.3 Å². The number of nitrogens with one attached hydrogen (secondary N) is 2. The first-order valence-corrected chi connectivity index (χ1v) is 11.7. The fourth-order valence-electron chi connectivity index (χ4n) is 3.87. The number of carbonyl (C=O) groups excluding carboxylic acids is 2. The van der Waals surface area contributed by atoms with E-state index in [2.05, 4.69) is 27.8 Å². The molecule has 1 aliphatic rings. The summed E-state index contributed by atoms with van der Waals surface area (Å²) in [5.41, 5.74) is 4.10. The van der Waals surface area contributed by atoms with E-state index >= 15 is 0 Å². The van der Waals surface area contributed by atoms with Crippen molar-refractivity contribution in [3.05, 3.63) is 71.1 Å². The molecule has 2 aromatic rings. The van der Waals surface area contributed by atoms with Crippen LogP contribution in [0.4, 0.5) is 0 Å². The van der Waals surface area contributed by atoms with Crippen molar-refractivity contribution in [2.45, 2.75) is 78.4 Å². The van der Waals surface area contributed by atoms with Gasteiger partial charge in [0, 0.05) is 35.7 Å². The summed E-state index contributed by atoms with van der Waals surface area (Å²) in [6.45, 7) is 5.79. The van der Waals surface area contributed by atoms with Gasteiger partial charge in [-0.3, -0.25) is 14.6 Å². The molecule has 1 aromatic heterocycles. The summed E-state index contributed by atoms with van der Waals surface area (Å²) in [6.07, 6.45) is 6.90. The number of rotatable bonds is 11. The number of aryl methyl sites for hydroxylation is 2. The first-order valence-electron chi connectivity index (χ1n) is 11.3. The second-order valence-corrected chi connectivity index (χ2v) is 9.10. The van der Waals surface area contributed by atoms with Crippen LogP contribution < -0.4 is 10.6 Å². The van der Waals surface area contributed by atoms with Crippen molar-refractivity contribution in [3.8, 4) is 0 Å². The zero-order valence-corrected chi connectivity index (χ0v) is 19.8. The van der Waals surface area contributed by atoms with Crippen molar-refractivity contribution < 1.29 is 9.59 Å². The van der Waals surface area contributed by atoms with Crippen molar-refractivity contribution in [2.75, 3.05) is 0 Å². The van der Waals surface area contributed by atoms with Crippen LogP contribution in [0.25, 0.3) is 5.03 Å². The highest BCUT2D eigenvalue weighted by atomic mass is 35.5. The average Bonchev–Trinajstić information content (AvgIpc) is 3.15. The van der Waals surface area contributed by atoms with E-state index in [0.29, 0.717) is 19.3 Å². The summed E-state index contributed by atoms with van der Waals surface area (Å²) in [7, 11) is 0. The van der Waals surface area contributed by atoms with Gasteiger partial charge in [0.2, 0.25) is 5.91 Å². The van der Waals surface area contributed by atoms with Crippen LogP contribution in [0.5, 0.6) is 0 Å². The number of amides is 1. The van der Waals surface area contributed by atoms with Crippen molar-refractivity contribution >= 4 is 28.3 Å². The Morgan fingerprint density at radius 3 is 2.52 bits per heavy atom. The molecule has 0 fully saturated rings. The number of pyridine rings is 1. The number of ketones is 1. The van der Waals surface area contributed by atoms with Gasteiger partial charge in [0.25, 0.3) is 0 Å². The van der Waals surface area contributed by atoms with Gasteiger partial charge in [0.15, 0.2) is 5.78 Å². The first kappa shape index (κ1) is 26.7. The van der Waals surface area contributed by atoms with Gasteiger partial charge in [0.05, 0.1) is 17.8 Å². The summed E-state index contributed by atoms with van der Waals surface area (Å²) in [4.78, 5) is 30.0. The Labute approximate surface area is 203 Å². The molecule has 5 nitrogen and oxygen atoms in total. The molecule has 2 atom stereocenters. The summed E-state index contributed by atoms with van der Waals surface area (Å²) < 4.78 is 0. The molecule has 1 aliphatic carbocycles. The maximum Gasteiger partial charge on any atom is 0.237 e. The van der Waals surface area contributed by atoms with E-state index in [1.54, 1.807) is 6.92 Å². The minimum absolute atomic E-state index is 0. The zero-order valence-electron chi connectivity index (χ0n) is 19.0. The molecule has 0 unspecified atom stereocenters. The predicted octanol–water partition coefficient (Wildman–Crippen LogP) is 4.86. The lowest BCUT2D eigenvalue weighted by Gasteiger charge is -2.23. The molecule has 1 aromatic carbocycles. The van der Waals surface area contributed by atoms with Gasteiger partial charge < -0.3 is 10.6 Å². The van der Waals surface area contributed by atoms with Crippen LogP contribution in [0.15, 0.2) is 48.7 Å². The topological polar surface area (TPSA) is 71.1 Å². The first-order chi connectivity index (χ1) is 15.3. The Balaban J connectivity index is 0.00000385. The van der Waals surface area contributed by atoms with E-state index in [0.717, 1.165) is 34.7 Å². The zero-order chi connectivity index (χ0) is 23.1. The maximum absolute atomic E-state index is 12.9. The number of carbonyl (C=O) groups is 2.